The second-order valence-corrected chi connectivity index (χ2v) is 11.9. The van der Waals surface area contributed by atoms with Crippen molar-refractivity contribution in [3.8, 4) is 0 Å². The molecule has 3 aromatic rings. The number of nitrogens with one attached hydrogen (secondary N) is 1. The number of fused-ring (bicyclic) bond motifs is 3. The summed E-state index contributed by atoms with van der Waals surface area (Å²) in [6.45, 7) is 5.45. The van der Waals surface area contributed by atoms with E-state index >= 15 is 0 Å². The quantitative estimate of drug-likeness (QED) is 0.355. The number of benzene rings is 1. The molecule has 2 aliphatic carbocycles. The number of oxazole rings is 1. The molecule has 5 atom stereocenters. The summed E-state index contributed by atoms with van der Waals surface area (Å²) in [4.78, 5) is 45.3. The Morgan fingerprint density at radius 1 is 1.23 bits per heavy atom. The first-order valence-corrected chi connectivity index (χ1v) is 14.2. The molecule has 214 valence electrons. The van der Waals surface area contributed by atoms with Crippen molar-refractivity contribution in [3.63, 3.8) is 0 Å². The monoisotopic (exact) mass is 549 g/mol. The van der Waals surface area contributed by atoms with Gasteiger partial charge < -0.3 is 25.1 Å². The van der Waals surface area contributed by atoms with E-state index in [1.54, 1.807) is 0 Å². The number of aryl methyl sites for hydroxylation is 2. The van der Waals surface area contributed by atoms with E-state index in [2.05, 4.69) is 10.3 Å². The van der Waals surface area contributed by atoms with Gasteiger partial charge in [-0.25, -0.2) is 14.6 Å². The Balaban J connectivity index is 1.58. The van der Waals surface area contributed by atoms with Crippen LogP contribution < -0.4 is 11.1 Å². The predicted octanol–water partition coefficient (Wildman–Crippen LogP) is 4.56. The van der Waals surface area contributed by atoms with Crippen LogP contribution in [-0.2, 0) is 18.3 Å². The van der Waals surface area contributed by atoms with Crippen LogP contribution in [0.15, 0.2) is 34.9 Å². The average Bonchev–Trinajstić information content (AvgIpc) is 3.67. The lowest BCUT2D eigenvalue weighted by Crippen LogP contribution is -2.55. The molecule has 2 fully saturated rings. The Labute approximate surface area is 233 Å². The van der Waals surface area contributed by atoms with Crippen LogP contribution in [0.3, 0.4) is 0 Å². The molecular formula is C30H39N5O5. The minimum Gasteiger partial charge on any atom is -0.476 e. The molecule has 0 saturated heterocycles. The normalized spacial score (nSPS) is 21.6. The number of para-hydroxylation sites is 1. The number of carboxylic acid groups (broad SMARTS) is 1. The van der Waals surface area contributed by atoms with Gasteiger partial charge in [-0.15, -0.1) is 0 Å². The first-order valence-electron chi connectivity index (χ1n) is 14.2. The average molecular weight is 550 g/mol. The van der Waals surface area contributed by atoms with Crippen molar-refractivity contribution in [1.29, 1.82) is 0 Å². The molecule has 2 aliphatic rings. The van der Waals surface area contributed by atoms with Crippen LogP contribution in [0.5, 0.6) is 0 Å². The minimum atomic E-state index is -1.24. The number of imide groups is 1. The molecule has 2 aromatic heterocycles. The number of nitrogens with zero attached hydrogens (tertiary/aromatic N) is 3. The third-order valence-corrected chi connectivity index (χ3v) is 8.55. The van der Waals surface area contributed by atoms with E-state index in [0.29, 0.717) is 18.3 Å². The van der Waals surface area contributed by atoms with Crippen LogP contribution in [0.2, 0.25) is 0 Å². The number of carbonyl (C=O) groups is 3. The number of carboxylic acids is 1. The van der Waals surface area contributed by atoms with Crippen molar-refractivity contribution in [2.75, 3.05) is 0 Å². The largest absolute Gasteiger partial charge is 0.476 e. The fourth-order valence-corrected chi connectivity index (χ4v) is 6.68. The number of nitrogens with two attached hydrogens (primary N) is 1. The summed E-state index contributed by atoms with van der Waals surface area (Å²) >= 11 is 0. The second-order valence-electron chi connectivity index (χ2n) is 11.9. The molecule has 4 N–H and O–H groups in total. The van der Waals surface area contributed by atoms with Gasteiger partial charge in [0.2, 0.25) is 11.8 Å². The Morgan fingerprint density at radius 3 is 2.60 bits per heavy atom. The zero-order valence-corrected chi connectivity index (χ0v) is 23.6. The van der Waals surface area contributed by atoms with Gasteiger partial charge in [0.15, 0.2) is 5.69 Å². The number of hydrogen-bond donors (Lipinski definition) is 3. The Hall–Kier alpha value is -3.66. The fraction of sp³-hybridized carbons (Fsp3) is 0.533. The van der Waals surface area contributed by atoms with E-state index < -0.39 is 30.0 Å². The van der Waals surface area contributed by atoms with E-state index in [1.165, 1.54) is 13.3 Å². The van der Waals surface area contributed by atoms with Crippen molar-refractivity contribution >= 4 is 28.8 Å². The number of urea groups is 1. The molecule has 0 aliphatic heterocycles. The smallest absolute Gasteiger partial charge is 0.358 e. The van der Waals surface area contributed by atoms with Gasteiger partial charge in [-0.05, 0) is 62.0 Å². The van der Waals surface area contributed by atoms with Gasteiger partial charge >= 0.3 is 12.0 Å². The Kier molecular flexibility index (Phi) is 7.72. The van der Waals surface area contributed by atoms with Gasteiger partial charge in [-0.2, -0.15) is 0 Å². The van der Waals surface area contributed by atoms with Crippen LogP contribution in [0.25, 0.3) is 10.9 Å². The summed E-state index contributed by atoms with van der Waals surface area (Å²) in [5.41, 5.74) is 8.01. The number of hydrogen-bond acceptors (Lipinski definition) is 6. The molecule has 10 heteroatoms. The zero-order chi connectivity index (χ0) is 28.7. The minimum absolute atomic E-state index is 0.00368. The summed E-state index contributed by atoms with van der Waals surface area (Å²) < 4.78 is 7.86. The number of rotatable bonds is 9. The predicted molar refractivity (Wildman–Crippen MR) is 150 cm³/mol. The Morgan fingerprint density at radius 2 is 1.98 bits per heavy atom. The van der Waals surface area contributed by atoms with E-state index in [9.17, 15) is 19.5 Å². The third kappa shape index (κ3) is 5.37. The summed E-state index contributed by atoms with van der Waals surface area (Å²) in [6.07, 6.45) is 6.76. The van der Waals surface area contributed by atoms with Gasteiger partial charge in [0.25, 0.3) is 0 Å². The maximum atomic E-state index is 14.1. The molecule has 40 heavy (non-hydrogen) atoms. The van der Waals surface area contributed by atoms with E-state index in [4.69, 9.17) is 10.2 Å². The summed E-state index contributed by atoms with van der Waals surface area (Å²) in [6, 6.07) is 5.39. The number of carbonyl (C=O) groups excluding carboxylic acids is 2. The molecule has 2 heterocycles. The SMILES string of the molecule is Cc1oc([C@@H](Cc2cn(C)c3ccccc23)N(C(=O)NC2CC3CCC2C3)C(=O)[C@@H](N)CC(C)C)nc1C(=O)O. The zero-order valence-electron chi connectivity index (χ0n) is 23.6. The van der Waals surface area contributed by atoms with Crippen LogP contribution in [0.4, 0.5) is 4.79 Å². The van der Waals surface area contributed by atoms with Crippen molar-refractivity contribution in [2.45, 2.75) is 77.4 Å². The van der Waals surface area contributed by atoms with E-state index in [1.807, 2.05) is 55.9 Å². The molecule has 5 rings (SSSR count). The molecule has 10 nitrogen and oxygen atoms in total. The van der Waals surface area contributed by atoms with Crippen molar-refractivity contribution in [3.05, 3.63) is 53.4 Å². The molecule has 0 radical (unpaired) electrons. The van der Waals surface area contributed by atoms with Crippen molar-refractivity contribution in [2.24, 2.45) is 30.5 Å². The van der Waals surface area contributed by atoms with Crippen molar-refractivity contribution < 1.29 is 23.9 Å². The van der Waals surface area contributed by atoms with E-state index in [0.717, 1.165) is 40.6 Å². The van der Waals surface area contributed by atoms with Crippen molar-refractivity contribution in [1.82, 2.24) is 19.8 Å². The lowest BCUT2D eigenvalue weighted by atomic mass is 9.95. The van der Waals surface area contributed by atoms with Crippen LogP contribution in [0.1, 0.15) is 79.7 Å². The maximum Gasteiger partial charge on any atom is 0.358 e. The first-order chi connectivity index (χ1) is 19.0. The topological polar surface area (TPSA) is 144 Å². The first kappa shape index (κ1) is 27.9. The molecular weight excluding hydrogens is 510 g/mol. The van der Waals surface area contributed by atoms with Crippen LogP contribution in [0, 0.1) is 24.7 Å². The molecule has 2 saturated carbocycles. The van der Waals surface area contributed by atoms with Gasteiger partial charge in [0.1, 0.15) is 11.8 Å². The Bertz CT molecular complexity index is 1420. The summed E-state index contributed by atoms with van der Waals surface area (Å²) in [7, 11) is 1.93. The lowest BCUT2D eigenvalue weighted by Gasteiger charge is -2.33. The number of aromatic nitrogens is 2. The number of amides is 3. The second kappa shape index (κ2) is 11.1. The standard InChI is InChI=1S/C30H39N5O5/c1-16(2)11-22(31)28(36)35(30(39)32-23-13-18-9-10-19(23)12-18)25(27-33-26(29(37)38)17(3)40-27)14-20-15-34(4)24-8-6-5-7-21(20)24/h5-8,15-16,18-19,22-23,25H,9-14,31H2,1-4H3,(H,32,39)(H,37,38)/t18?,19?,22-,23?,25+/m0/s1. The molecule has 3 amide bonds. The van der Waals surface area contributed by atoms with Gasteiger partial charge in [-0.1, -0.05) is 38.5 Å². The maximum absolute atomic E-state index is 14.1. The van der Waals surface area contributed by atoms with Gasteiger partial charge in [0.05, 0.1) is 6.04 Å². The van der Waals surface area contributed by atoms with Crippen LogP contribution >= 0.6 is 0 Å². The fourth-order valence-electron chi connectivity index (χ4n) is 6.68. The molecule has 3 unspecified atom stereocenters. The summed E-state index contributed by atoms with van der Waals surface area (Å²) in [5, 5.41) is 13.8. The van der Waals surface area contributed by atoms with E-state index in [-0.39, 0.29) is 35.7 Å². The molecule has 0 spiro atoms. The summed E-state index contributed by atoms with van der Waals surface area (Å²) in [5.74, 6) is -0.539. The molecule has 1 aromatic carbocycles. The highest BCUT2D eigenvalue weighted by Crippen LogP contribution is 2.44. The van der Waals surface area contributed by atoms with Gasteiger partial charge in [-0.3, -0.25) is 9.69 Å². The highest BCUT2D eigenvalue weighted by atomic mass is 16.4. The highest BCUT2D eigenvalue weighted by Gasteiger charge is 2.43. The van der Waals surface area contributed by atoms with Crippen LogP contribution in [-0.4, -0.2) is 49.5 Å². The van der Waals surface area contributed by atoms with Gasteiger partial charge in [0, 0.05) is 36.6 Å². The lowest BCUT2D eigenvalue weighted by molar-refractivity contribution is -0.132. The molecule has 2 bridgehead atoms. The highest BCUT2D eigenvalue weighted by molar-refractivity contribution is 5.98. The third-order valence-electron chi connectivity index (χ3n) is 8.55. The number of aromatic carboxylic acids is 1.